The van der Waals surface area contributed by atoms with Crippen LogP contribution in [0.5, 0.6) is 0 Å². The highest BCUT2D eigenvalue weighted by Gasteiger charge is 2.09. The van der Waals surface area contributed by atoms with Crippen LogP contribution in [0.15, 0.2) is 46.9 Å². The average molecular weight is 301 g/mol. The van der Waals surface area contributed by atoms with Crippen LogP contribution in [0.2, 0.25) is 5.02 Å². The number of para-hydroxylation sites is 1. The summed E-state index contributed by atoms with van der Waals surface area (Å²) in [5, 5.41) is 3.32. The highest BCUT2D eigenvalue weighted by Crippen LogP contribution is 2.21. The molecular weight excluding hydrogens is 288 g/mol. The van der Waals surface area contributed by atoms with E-state index in [2.05, 4.69) is 10.3 Å². The molecule has 3 rings (SSSR count). The second-order valence-electron chi connectivity index (χ2n) is 4.74. The monoisotopic (exact) mass is 300 g/mol. The van der Waals surface area contributed by atoms with Crippen LogP contribution in [-0.2, 0) is 11.2 Å². The third kappa shape index (κ3) is 3.06. The van der Waals surface area contributed by atoms with Crippen LogP contribution in [-0.4, -0.2) is 10.9 Å². The van der Waals surface area contributed by atoms with Crippen LogP contribution in [0.3, 0.4) is 0 Å². The van der Waals surface area contributed by atoms with Crippen molar-refractivity contribution in [3.8, 4) is 0 Å². The van der Waals surface area contributed by atoms with E-state index in [1.54, 1.807) is 19.1 Å². The number of carbonyl (C=O) groups is 1. The molecule has 5 heteroatoms. The summed E-state index contributed by atoms with van der Waals surface area (Å²) in [6.45, 7) is 1.80. The minimum Gasteiger partial charge on any atom is -0.441 e. The molecule has 0 saturated carbocycles. The Morgan fingerprint density at radius 3 is 2.90 bits per heavy atom. The Kier molecular flexibility index (Phi) is 3.62. The number of hydrogen-bond donors (Lipinski definition) is 1. The van der Waals surface area contributed by atoms with Crippen molar-refractivity contribution in [2.45, 2.75) is 13.3 Å². The molecule has 0 saturated heterocycles. The van der Waals surface area contributed by atoms with E-state index in [1.807, 2.05) is 30.3 Å². The van der Waals surface area contributed by atoms with Crippen LogP contribution in [0, 0.1) is 6.92 Å². The van der Waals surface area contributed by atoms with Crippen LogP contribution in [0.1, 0.15) is 11.5 Å². The second kappa shape index (κ2) is 5.58. The van der Waals surface area contributed by atoms with Crippen molar-refractivity contribution in [1.82, 2.24) is 4.98 Å². The maximum atomic E-state index is 12.1. The lowest BCUT2D eigenvalue weighted by atomic mass is 10.1. The lowest BCUT2D eigenvalue weighted by Gasteiger charge is -2.06. The van der Waals surface area contributed by atoms with Crippen molar-refractivity contribution < 1.29 is 9.21 Å². The Balaban J connectivity index is 1.75. The first-order valence-corrected chi connectivity index (χ1v) is 6.90. The summed E-state index contributed by atoms with van der Waals surface area (Å²) in [7, 11) is 0. The van der Waals surface area contributed by atoms with E-state index < -0.39 is 0 Å². The van der Waals surface area contributed by atoms with Gasteiger partial charge in [-0.2, -0.15) is 0 Å². The first kappa shape index (κ1) is 13.6. The summed E-state index contributed by atoms with van der Waals surface area (Å²) < 4.78 is 5.46. The smallest absolute Gasteiger partial charge is 0.228 e. The first-order chi connectivity index (χ1) is 10.1. The molecule has 21 heavy (non-hydrogen) atoms. The van der Waals surface area contributed by atoms with Crippen molar-refractivity contribution in [3.63, 3.8) is 0 Å². The van der Waals surface area contributed by atoms with Gasteiger partial charge in [0.2, 0.25) is 5.91 Å². The summed E-state index contributed by atoms with van der Waals surface area (Å²) in [6.07, 6.45) is 0.251. The number of aromatic nitrogens is 1. The molecule has 0 fully saturated rings. The van der Waals surface area contributed by atoms with Gasteiger partial charge in [0.05, 0.1) is 17.1 Å². The Labute approximate surface area is 126 Å². The minimum absolute atomic E-state index is 0.126. The lowest BCUT2D eigenvalue weighted by molar-refractivity contribution is -0.115. The van der Waals surface area contributed by atoms with E-state index in [0.29, 0.717) is 22.2 Å². The zero-order chi connectivity index (χ0) is 14.8. The lowest BCUT2D eigenvalue weighted by Crippen LogP contribution is -2.14. The number of hydrogen-bond acceptors (Lipinski definition) is 3. The molecule has 0 atom stereocenters. The molecule has 2 aromatic carbocycles. The van der Waals surface area contributed by atoms with Gasteiger partial charge in [0.25, 0.3) is 0 Å². The fraction of sp³-hybridized carbons (Fsp3) is 0.125. The summed E-state index contributed by atoms with van der Waals surface area (Å²) in [5.41, 5.74) is 2.96. The van der Waals surface area contributed by atoms with Gasteiger partial charge in [-0.1, -0.05) is 29.8 Å². The van der Waals surface area contributed by atoms with Gasteiger partial charge in [-0.15, -0.1) is 0 Å². The van der Waals surface area contributed by atoms with Gasteiger partial charge in [-0.05, 0) is 29.8 Å². The third-order valence-electron chi connectivity index (χ3n) is 3.07. The van der Waals surface area contributed by atoms with Crippen molar-refractivity contribution in [3.05, 3.63) is 58.9 Å². The van der Waals surface area contributed by atoms with Gasteiger partial charge < -0.3 is 9.73 Å². The number of anilines is 1. The largest absolute Gasteiger partial charge is 0.441 e. The molecule has 1 N–H and O–H groups in total. The number of fused-ring (bicyclic) bond motifs is 1. The Morgan fingerprint density at radius 1 is 1.29 bits per heavy atom. The Morgan fingerprint density at radius 2 is 2.10 bits per heavy atom. The summed E-state index contributed by atoms with van der Waals surface area (Å²) in [5.74, 6) is 0.487. The van der Waals surface area contributed by atoms with E-state index in [-0.39, 0.29) is 12.3 Å². The number of nitrogens with one attached hydrogen (secondary N) is 1. The number of benzene rings is 2. The van der Waals surface area contributed by atoms with Crippen molar-refractivity contribution in [1.29, 1.82) is 0 Å². The summed E-state index contributed by atoms with van der Waals surface area (Å²) >= 11 is 6.01. The summed E-state index contributed by atoms with van der Waals surface area (Å²) in [4.78, 5) is 16.3. The molecule has 0 bridgehead atoms. The third-order valence-corrected chi connectivity index (χ3v) is 3.40. The number of rotatable bonds is 3. The van der Waals surface area contributed by atoms with Gasteiger partial charge >= 0.3 is 0 Å². The molecule has 0 aliphatic heterocycles. The van der Waals surface area contributed by atoms with E-state index in [4.69, 9.17) is 16.0 Å². The minimum atomic E-state index is -0.126. The van der Waals surface area contributed by atoms with Gasteiger partial charge in [0.15, 0.2) is 11.5 Å². The Bertz CT molecular complexity index is 811. The maximum Gasteiger partial charge on any atom is 0.228 e. The zero-order valence-corrected chi connectivity index (χ0v) is 12.1. The number of halogens is 1. The van der Waals surface area contributed by atoms with Crippen molar-refractivity contribution in [2.75, 3.05) is 5.32 Å². The van der Waals surface area contributed by atoms with E-state index in [9.17, 15) is 4.79 Å². The van der Waals surface area contributed by atoms with E-state index in [1.165, 1.54) is 0 Å². The number of nitrogens with zero attached hydrogens (tertiary/aromatic N) is 1. The average Bonchev–Trinajstić information content (AvgIpc) is 2.80. The van der Waals surface area contributed by atoms with Gasteiger partial charge in [0, 0.05) is 6.92 Å². The first-order valence-electron chi connectivity index (χ1n) is 6.52. The molecule has 0 aliphatic carbocycles. The van der Waals surface area contributed by atoms with Gasteiger partial charge in [-0.25, -0.2) is 4.98 Å². The highest BCUT2D eigenvalue weighted by molar-refractivity contribution is 6.33. The molecule has 106 valence electrons. The Hall–Kier alpha value is -2.33. The quantitative estimate of drug-likeness (QED) is 0.796. The highest BCUT2D eigenvalue weighted by atomic mass is 35.5. The predicted molar refractivity (Wildman–Crippen MR) is 82.5 cm³/mol. The van der Waals surface area contributed by atoms with E-state index in [0.717, 1.165) is 11.1 Å². The number of oxazole rings is 1. The van der Waals surface area contributed by atoms with Crippen molar-refractivity contribution in [2.24, 2.45) is 0 Å². The number of carbonyl (C=O) groups excluding carboxylic acids is 1. The second-order valence-corrected chi connectivity index (χ2v) is 5.15. The molecule has 0 spiro atoms. The van der Waals surface area contributed by atoms with Crippen LogP contribution in [0.25, 0.3) is 11.1 Å². The summed E-state index contributed by atoms with van der Waals surface area (Å²) in [6, 6.07) is 12.7. The normalized spacial score (nSPS) is 10.8. The van der Waals surface area contributed by atoms with Gasteiger partial charge in [-0.3, -0.25) is 4.79 Å². The van der Waals surface area contributed by atoms with Crippen molar-refractivity contribution >= 4 is 34.3 Å². The molecular formula is C16H13ClN2O2. The van der Waals surface area contributed by atoms with E-state index >= 15 is 0 Å². The molecule has 1 heterocycles. The molecule has 0 aliphatic rings. The SMILES string of the molecule is Cc1nc2ccc(CC(=O)Nc3ccccc3Cl)cc2o1. The molecule has 1 amide bonds. The zero-order valence-electron chi connectivity index (χ0n) is 11.4. The molecule has 3 aromatic rings. The molecule has 0 radical (unpaired) electrons. The van der Waals surface area contributed by atoms with Gasteiger partial charge in [0.1, 0.15) is 5.52 Å². The van der Waals surface area contributed by atoms with Crippen LogP contribution >= 0.6 is 11.6 Å². The molecule has 0 unspecified atom stereocenters. The maximum absolute atomic E-state index is 12.1. The fourth-order valence-corrected chi connectivity index (χ4v) is 2.32. The predicted octanol–water partition coefficient (Wildman–Crippen LogP) is 3.97. The standard InChI is InChI=1S/C16H13ClN2O2/c1-10-18-14-7-6-11(8-15(14)21-10)9-16(20)19-13-5-3-2-4-12(13)17/h2-8H,9H2,1H3,(H,19,20). The topological polar surface area (TPSA) is 55.1 Å². The molecule has 1 aromatic heterocycles. The number of aryl methyl sites for hydroxylation is 1. The van der Waals surface area contributed by atoms with Crippen LogP contribution in [0.4, 0.5) is 5.69 Å². The fourth-order valence-electron chi connectivity index (χ4n) is 2.14. The molecule has 4 nitrogen and oxygen atoms in total. The number of amides is 1. The van der Waals surface area contributed by atoms with Crippen LogP contribution < -0.4 is 5.32 Å².